The summed E-state index contributed by atoms with van der Waals surface area (Å²) in [5, 5.41) is 1.87. The Morgan fingerprint density at radius 1 is 1.30 bits per heavy atom. The number of para-hydroxylation sites is 2. The number of anilines is 1. The number of ether oxygens (including phenoxy) is 1. The third-order valence-electron chi connectivity index (χ3n) is 2.39. The molecular weight excluding hydrogens is 297 g/mol. The van der Waals surface area contributed by atoms with Gasteiger partial charge in [-0.05, 0) is 26.1 Å². The number of nitrogens with one attached hydrogen (secondary N) is 2. The molecule has 20 heavy (non-hydrogen) atoms. The normalized spacial score (nSPS) is 13.8. The highest BCUT2D eigenvalue weighted by atomic mass is 32.2. The van der Waals surface area contributed by atoms with Crippen molar-refractivity contribution in [3.05, 3.63) is 24.3 Å². The molecule has 0 saturated carbocycles. The monoisotopic (exact) mass is 312 g/mol. The second kappa shape index (κ2) is 6.31. The molecule has 0 aliphatic carbocycles. The first kappa shape index (κ1) is 16.6. The van der Waals surface area contributed by atoms with E-state index < -0.39 is 27.4 Å². The van der Waals surface area contributed by atoms with Gasteiger partial charge in [0.2, 0.25) is 10.0 Å². The third-order valence-corrected chi connectivity index (χ3v) is 4.12. The highest BCUT2D eigenvalue weighted by Crippen LogP contribution is 2.30. The Kier molecular flexibility index (Phi) is 5.23. The van der Waals surface area contributed by atoms with Crippen molar-refractivity contribution in [1.82, 2.24) is 5.32 Å². The second-order valence-corrected chi connectivity index (χ2v) is 6.16. The first-order valence-corrected chi connectivity index (χ1v) is 7.21. The molecule has 2 N–H and O–H groups in total. The minimum absolute atomic E-state index is 0.164. The van der Waals surface area contributed by atoms with Gasteiger partial charge in [-0.2, -0.15) is 0 Å². The molecule has 5 nitrogen and oxygen atoms in total. The van der Waals surface area contributed by atoms with E-state index in [0.29, 0.717) is 0 Å². The van der Waals surface area contributed by atoms with E-state index in [9.17, 15) is 21.6 Å². The van der Waals surface area contributed by atoms with E-state index in [4.69, 9.17) is 0 Å². The molecule has 0 aromatic heterocycles. The summed E-state index contributed by atoms with van der Waals surface area (Å²) in [6, 6.07) is 4.96. The second-order valence-electron chi connectivity index (χ2n) is 4.06. The molecule has 9 heteroatoms. The molecule has 1 rings (SSSR count). The number of alkyl halides is 3. The zero-order valence-electron chi connectivity index (χ0n) is 10.9. The first-order valence-electron chi connectivity index (χ1n) is 5.66. The quantitative estimate of drug-likeness (QED) is 0.842. The molecule has 0 saturated heterocycles. The van der Waals surface area contributed by atoms with Gasteiger partial charge in [-0.1, -0.05) is 12.1 Å². The lowest BCUT2D eigenvalue weighted by Crippen LogP contribution is -2.33. The molecule has 0 aliphatic rings. The predicted octanol–water partition coefficient (Wildman–Crippen LogP) is 1.93. The zero-order chi connectivity index (χ0) is 15.4. The minimum atomic E-state index is -4.89. The molecule has 0 aliphatic heterocycles. The summed E-state index contributed by atoms with van der Waals surface area (Å²) in [4.78, 5) is 0. The zero-order valence-corrected chi connectivity index (χ0v) is 11.7. The van der Waals surface area contributed by atoms with Crippen LogP contribution in [0, 0.1) is 0 Å². The lowest BCUT2D eigenvalue weighted by atomic mass is 10.3. The Hall–Kier alpha value is -1.48. The number of benzene rings is 1. The lowest BCUT2D eigenvalue weighted by molar-refractivity contribution is -0.274. The van der Waals surface area contributed by atoms with Gasteiger partial charge in [-0.15, -0.1) is 13.2 Å². The molecule has 0 fully saturated rings. The van der Waals surface area contributed by atoms with Crippen molar-refractivity contribution in [1.29, 1.82) is 0 Å². The van der Waals surface area contributed by atoms with E-state index in [1.807, 2.05) is 0 Å². The van der Waals surface area contributed by atoms with Crippen LogP contribution in [0.2, 0.25) is 0 Å². The van der Waals surface area contributed by atoms with Crippen LogP contribution in [0.25, 0.3) is 0 Å². The molecular formula is C11H15F3N2O3S. The summed E-state index contributed by atoms with van der Waals surface area (Å²) in [5.74, 6) is -0.597. The van der Waals surface area contributed by atoms with E-state index >= 15 is 0 Å². The topological polar surface area (TPSA) is 67.4 Å². The van der Waals surface area contributed by atoms with E-state index in [1.165, 1.54) is 25.1 Å². The number of hydrogen-bond donors (Lipinski definition) is 2. The van der Waals surface area contributed by atoms with Crippen LogP contribution < -0.4 is 14.8 Å². The van der Waals surface area contributed by atoms with Crippen LogP contribution in [-0.2, 0) is 10.0 Å². The smallest absolute Gasteiger partial charge is 0.404 e. The van der Waals surface area contributed by atoms with Crippen LogP contribution in [-0.4, -0.2) is 33.6 Å². The van der Waals surface area contributed by atoms with Crippen molar-refractivity contribution in [2.24, 2.45) is 0 Å². The Morgan fingerprint density at radius 2 is 1.90 bits per heavy atom. The Labute approximate surface area is 115 Å². The van der Waals surface area contributed by atoms with Crippen LogP contribution in [0.5, 0.6) is 5.75 Å². The Balaban J connectivity index is 2.98. The maximum atomic E-state index is 12.2. The largest absolute Gasteiger partial charge is 0.573 e. The number of rotatable bonds is 6. The van der Waals surface area contributed by atoms with Crippen LogP contribution >= 0.6 is 0 Å². The molecule has 0 amide bonds. The Bertz CT molecular complexity index is 546. The molecule has 0 bridgehead atoms. The average Bonchev–Trinajstić information content (AvgIpc) is 2.30. The van der Waals surface area contributed by atoms with Gasteiger partial charge in [0.25, 0.3) is 0 Å². The summed E-state index contributed by atoms with van der Waals surface area (Å²) < 4.78 is 66.4. The standard InChI is InChI=1S/C11H15F3N2O3S/c1-8(7-15-2)20(17,18)16-9-5-3-4-6-10(9)19-11(12,13)14/h3-6,8,15-16H,7H2,1-2H3. The summed E-state index contributed by atoms with van der Waals surface area (Å²) in [6.07, 6.45) is -4.89. The highest BCUT2D eigenvalue weighted by Gasteiger charge is 2.32. The van der Waals surface area contributed by atoms with Crippen LogP contribution in [0.1, 0.15) is 6.92 Å². The van der Waals surface area contributed by atoms with Crippen LogP contribution in [0.4, 0.5) is 18.9 Å². The van der Waals surface area contributed by atoms with Gasteiger partial charge in [0, 0.05) is 6.54 Å². The van der Waals surface area contributed by atoms with Gasteiger partial charge in [-0.25, -0.2) is 8.42 Å². The average molecular weight is 312 g/mol. The Morgan fingerprint density at radius 3 is 2.45 bits per heavy atom. The number of sulfonamides is 1. The first-order chi connectivity index (χ1) is 9.15. The molecule has 0 spiro atoms. The van der Waals surface area contributed by atoms with Crippen molar-refractivity contribution < 1.29 is 26.3 Å². The number of hydrogen-bond acceptors (Lipinski definition) is 4. The molecule has 0 radical (unpaired) electrons. The fourth-order valence-electron chi connectivity index (χ4n) is 1.42. The summed E-state index contributed by atoms with van der Waals surface area (Å²) in [5.41, 5.74) is -0.257. The fourth-order valence-corrected chi connectivity index (χ4v) is 2.48. The third kappa shape index (κ3) is 4.89. The summed E-state index contributed by atoms with van der Waals surface area (Å²) in [6.45, 7) is 1.60. The van der Waals surface area contributed by atoms with Gasteiger partial charge in [0.05, 0.1) is 10.9 Å². The molecule has 1 atom stereocenters. The maximum absolute atomic E-state index is 12.2. The maximum Gasteiger partial charge on any atom is 0.573 e. The number of halogens is 3. The van der Waals surface area contributed by atoms with Gasteiger partial charge in [-0.3, -0.25) is 4.72 Å². The summed E-state index contributed by atoms with van der Waals surface area (Å²) >= 11 is 0. The highest BCUT2D eigenvalue weighted by molar-refractivity contribution is 7.93. The minimum Gasteiger partial charge on any atom is -0.404 e. The van der Waals surface area contributed by atoms with Gasteiger partial charge in [0.15, 0.2) is 5.75 Å². The van der Waals surface area contributed by atoms with Crippen molar-refractivity contribution in [2.45, 2.75) is 18.5 Å². The van der Waals surface area contributed by atoms with Gasteiger partial charge >= 0.3 is 6.36 Å². The molecule has 1 unspecified atom stereocenters. The van der Waals surface area contributed by atoms with E-state index in [0.717, 1.165) is 6.07 Å². The summed E-state index contributed by atoms with van der Waals surface area (Å²) in [7, 11) is -2.24. The predicted molar refractivity (Wildman–Crippen MR) is 69.1 cm³/mol. The SMILES string of the molecule is CNCC(C)S(=O)(=O)Nc1ccccc1OC(F)(F)F. The van der Waals surface area contributed by atoms with E-state index in [-0.39, 0.29) is 12.2 Å². The van der Waals surface area contributed by atoms with Crippen molar-refractivity contribution >= 4 is 15.7 Å². The molecule has 1 aromatic rings. The molecule has 1 aromatic carbocycles. The fraction of sp³-hybridized carbons (Fsp3) is 0.455. The van der Waals surface area contributed by atoms with Gasteiger partial charge < -0.3 is 10.1 Å². The molecule has 114 valence electrons. The van der Waals surface area contributed by atoms with Crippen molar-refractivity contribution in [3.8, 4) is 5.75 Å². The molecule has 0 heterocycles. The van der Waals surface area contributed by atoms with Gasteiger partial charge in [0.1, 0.15) is 0 Å². The van der Waals surface area contributed by atoms with Crippen molar-refractivity contribution in [3.63, 3.8) is 0 Å². The van der Waals surface area contributed by atoms with Crippen LogP contribution in [0.3, 0.4) is 0 Å². The lowest BCUT2D eigenvalue weighted by Gasteiger charge is -2.17. The van der Waals surface area contributed by atoms with Crippen molar-refractivity contribution in [2.75, 3.05) is 18.3 Å². The van der Waals surface area contributed by atoms with E-state index in [1.54, 1.807) is 7.05 Å². The van der Waals surface area contributed by atoms with Crippen LogP contribution in [0.15, 0.2) is 24.3 Å². The van der Waals surface area contributed by atoms with E-state index in [2.05, 4.69) is 14.8 Å².